The van der Waals surface area contributed by atoms with Crippen LogP contribution in [0.3, 0.4) is 0 Å². The second-order valence-electron chi connectivity index (χ2n) is 7.59. The molecule has 2 amide bonds. The van der Waals surface area contributed by atoms with Gasteiger partial charge in [-0.05, 0) is 61.0 Å². The fraction of sp³-hybridized carbons (Fsp3) is 0.192. The van der Waals surface area contributed by atoms with Crippen molar-refractivity contribution in [1.29, 1.82) is 0 Å². The number of nitrogens with one attached hydrogen (secondary N) is 1. The standard InChI is InChI=1S/C26H24FN3O3S/c1-2-33-22-14-12-20(13-15-22)28-25(32)23-16-24(31)30(17-18-6-4-3-5-7-18)26(34-23)29-21-10-8-19(27)9-11-21/h3-15,23H,2,16-17H2,1H3,(H,28,32). The van der Waals surface area contributed by atoms with Gasteiger partial charge >= 0.3 is 0 Å². The van der Waals surface area contributed by atoms with Gasteiger partial charge in [-0.3, -0.25) is 14.5 Å². The third-order valence-electron chi connectivity index (χ3n) is 5.10. The Morgan fingerprint density at radius 1 is 1.09 bits per heavy atom. The minimum Gasteiger partial charge on any atom is -0.494 e. The average Bonchev–Trinajstić information content (AvgIpc) is 2.84. The summed E-state index contributed by atoms with van der Waals surface area (Å²) in [6.45, 7) is 2.79. The molecule has 1 saturated heterocycles. The maximum absolute atomic E-state index is 13.4. The molecule has 0 aliphatic carbocycles. The van der Waals surface area contributed by atoms with Crippen molar-refractivity contribution in [2.24, 2.45) is 4.99 Å². The van der Waals surface area contributed by atoms with Gasteiger partial charge in [0, 0.05) is 12.1 Å². The van der Waals surface area contributed by atoms with Gasteiger partial charge in [0.15, 0.2) is 5.17 Å². The Bertz CT molecular complexity index is 1170. The number of ether oxygens (including phenoxy) is 1. The van der Waals surface area contributed by atoms with Gasteiger partial charge in [-0.2, -0.15) is 0 Å². The van der Waals surface area contributed by atoms with E-state index >= 15 is 0 Å². The van der Waals surface area contributed by atoms with Gasteiger partial charge in [0.25, 0.3) is 0 Å². The Balaban J connectivity index is 1.54. The van der Waals surface area contributed by atoms with Gasteiger partial charge in [0.1, 0.15) is 16.8 Å². The van der Waals surface area contributed by atoms with Crippen LogP contribution >= 0.6 is 11.8 Å². The normalized spacial score (nSPS) is 17.0. The Hall–Kier alpha value is -3.65. The maximum atomic E-state index is 13.4. The molecule has 0 saturated carbocycles. The van der Waals surface area contributed by atoms with E-state index in [1.807, 2.05) is 37.3 Å². The lowest BCUT2D eigenvalue weighted by molar-refractivity contribution is -0.129. The van der Waals surface area contributed by atoms with Crippen LogP contribution in [-0.2, 0) is 16.1 Å². The van der Waals surface area contributed by atoms with Crippen LogP contribution in [0.15, 0.2) is 83.9 Å². The van der Waals surface area contributed by atoms with Crippen LogP contribution in [0.25, 0.3) is 0 Å². The zero-order valence-corrected chi connectivity index (χ0v) is 19.4. The van der Waals surface area contributed by atoms with Crippen LogP contribution < -0.4 is 10.1 Å². The van der Waals surface area contributed by atoms with Gasteiger partial charge in [-0.25, -0.2) is 9.38 Å². The van der Waals surface area contributed by atoms with Gasteiger partial charge in [0.05, 0.1) is 18.8 Å². The molecule has 1 aliphatic heterocycles. The molecule has 1 aliphatic rings. The molecule has 174 valence electrons. The third-order valence-corrected chi connectivity index (χ3v) is 6.29. The molecule has 1 N–H and O–H groups in total. The lowest BCUT2D eigenvalue weighted by Crippen LogP contribution is -2.44. The molecule has 0 aromatic heterocycles. The largest absolute Gasteiger partial charge is 0.494 e. The number of amidine groups is 1. The van der Waals surface area contributed by atoms with E-state index < -0.39 is 5.25 Å². The minimum absolute atomic E-state index is 0.0444. The minimum atomic E-state index is -0.648. The molecule has 3 aromatic rings. The van der Waals surface area contributed by atoms with E-state index in [0.29, 0.717) is 35.4 Å². The Labute approximate surface area is 201 Å². The Morgan fingerprint density at radius 3 is 2.47 bits per heavy atom. The molecule has 1 heterocycles. The summed E-state index contributed by atoms with van der Waals surface area (Å²) in [5, 5.41) is 2.62. The van der Waals surface area contributed by atoms with Crippen molar-refractivity contribution in [3.05, 3.63) is 90.2 Å². The van der Waals surface area contributed by atoms with E-state index in [-0.39, 0.29) is 24.1 Å². The number of hydrogen-bond acceptors (Lipinski definition) is 5. The first-order valence-corrected chi connectivity index (χ1v) is 11.8. The van der Waals surface area contributed by atoms with E-state index in [0.717, 1.165) is 5.56 Å². The highest BCUT2D eigenvalue weighted by molar-refractivity contribution is 8.15. The summed E-state index contributed by atoms with van der Waals surface area (Å²) in [7, 11) is 0. The molecular formula is C26H24FN3O3S. The number of carbonyl (C=O) groups is 2. The van der Waals surface area contributed by atoms with Crippen molar-refractivity contribution >= 4 is 40.1 Å². The fourth-order valence-electron chi connectivity index (χ4n) is 3.41. The quantitative estimate of drug-likeness (QED) is 0.496. The summed E-state index contributed by atoms with van der Waals surface area (Å²) >= 11 is 1.22. The molecule has 0 radical (unpaired) electrons. The van der Waals surface area contributed by atoms with E-state index in [9.17, 15) is 14.0 Å². The smallest absolute Gasteiger partial charge is 0.238 e. The van der Waals surface area contributed by atoms with Crippen LogP contribution in [0, 0.1) is 5.82 Å². The summed E-state index contributed by atoms with van der Waals surface area (Å²) < 4.78 is 18.8. The van der Waals surface area contributed by atoms with Crippen molar-refractivity contribution in [3.63, 3.8) is 0 Å². The summed E-state index contributed by atoms with van der Waals surface area (Å²) in [6.07, 6.45) is 0.0444. The number of thioether (sulfide) groups is 1. The summed E-state index contributed by atoms with van der Waals surface area (Å²) in [5.74, 6) is -0.137. The molecule has 4 rings (SSSR count). The SMILES string of the molecule is CCOc1ccc(NC(=O)C2CC(=O)N(Cc3ccccc3)C(=Nc3ccc(F)cc3)S2)cc1. The average molecular weight is 478 g/mol. The molecule has 34 heavy (non-hydrogen) atoms. The van der Waals surface area contributed by atoms with Crippen LogP contribution in [0.1, 0.15) is 18.9 Å². The van der Waals surface area contributed by atoms with Gasteiger partial charge in [-0.1, -0.05) is 42.1 Å². The number of benzene rings is 3. The fourth-order valence-corrected chi connectivity index (χ4v) is 4.51. The molecule has 6 nitrogen and oxygen atoms in total. The predicted molar refractivity (Wildman–Crippen MR) is 133 cm³/mol. The van der Waals surface area contributed by atoms with Crippen molar-refractivity contribution in [1.82, 2.24) is 4.90 Å². The lowest BCUT2D eigenvalue weighted by Gasteiger charge is -2.32. The second kappa shape index (κ2) is 11.0. The highest BCUT2D eigenvalue weighted by Gasteiger charge is 2.36. The number of aliphatic imine (C=N–C) groups is 1. The predicted octanol–water partition coefficient (Wildman–Crippen LogP) is 5.38. The molecule has 0 bridgehead atoms. The summed E-state index contributed by atoms with van der Waals surface area (Å²) in [6, 6.07) is 22.3. The van der Waals surface area contributed by atoms with Gasteiger partial charge < -0.3 is 10.1 Å². The Morgan fingerprint density at radius 2 is 1.79 bits per heavy atom. The summed E-state index contributed by atoms with van der Waals surface area (Å²) in [5.41, 5.74) is 2.06. The molecule has 0 spiro atoms. The number of hydrogen-bond donors (Lipinski definition) is 1. The van der Waals surface area contributed by atoms with Crippen LogP contribution in [0.5, 0.6) is 5.75 Å². The number of anilines is 1. The zero-order chi connectivity index (χ0) is 23.9. The van der Waals surface area contributed by atoms with Crippen molar-refractivity contribution in [2.45, 2.75) is 25.1 Å². The van der Waals surface area contributed by atoms with Gasteiger partial charge in [0.2, 0.25) is 11.8 Å². The molecule has 8 heteroatoms. The Kier molecular flexibility index (Phi) is 7.59. The van der Waals surface area contributed by atoms with E-state index in [4.69, 9.17) is 4.74 Å². The number of carbonyl (C=O) groups excluding carboxylic acids is 2. The van der Waals surface area contributed by atoms with Crippen molar-refractivity contribution in [3.8, 4) is 5.75 Å². The van der Waals surface area contributed by atoms with Crippen LogP contribution in [-0.4, -0.2) is 33.7 Å². The zero-order valence-electron chi connectivity index (χ0n) is 18.6. The monoisotopic (exact) mass is 477 g/mol. The van der Waals surface area contributed by atoms with Gasteiger partial charge in [-0.15, -0.1) is 0 Å². The number of nitrogens with zero attached hydrogens (tertiary/aromatic N) is 2. The molecule has 1 atom stereocenters. The third kappa shape index (κ3) is 6.02. The highest BCUT2D eigenvalue weighted by atomic mass is 32.2. The van der Waals surface area contributed by atoms with Crippen molar-refractivity contribution in [2.75, 3.05) is 11.9 Å². The maximum Gasteiger partial charge on any atom is 0.238 e. The van der Waals surface area contributed by atoms with Crippen LogP contribution in [0.2, 0.25) is 0 Å². The molecule has 1 fully saturated rings. The van der Waals surface area contributed by atoms with E-state index in [2.05, 4.69) is 10.3 Å². The molecule has 1 unspecified atom stereocenters. The first kappa shape index (κ1) is 23.5. The van der Waals surface area contributed by atoms with Crippen LogP contribution in [0.4, 0.5) is 15.8 Å². The van der Waals surface area contributed by atoms with E-state index in [1.165, 1.54) is 36.0 Å². The highest BCUT2D eigenvalue weighted by Crippen LogP contribution is 2.31. The number of rotatable bonds is 7. The summed E-state index contributed by atoms with van der Waals surface area (Å²) in [4.78, 5) is 32.3. The number of halogens is 1. The first-order chi connectivity index (χ1) is 16.5. The first-order valence-electron chi connectivity index (χ1n) is 10.9. The molecular weight excluding hydrogens is 453 g/mol. The topological polar surface area (TPSA) is 71.0 Å². The molecule has 3 aromatic carbocycles. The van der Waals surface area contributed by atoms with E-state index in [1.54, 1.807) is 29.2 Å². The lowest BCUT2D eigenvalue weighted by atomic mass is 10.2. The second-order valence-corrected chi connectivity index (χ2v) is 8.76. The van der Waals surface area contributed by atoms with Crippen molar-refractivity contribution < 1.29 is 18.7 Å². The number of amides is 2.